The van der Waals surface area contributed by atoms with E-state index in [4.69, 9.17) is 32.7 Å². The second kappa shape index (κ2) is 11.8. The molecule has 4 heterocycles. The van der Waals surface area contributed by atoms with E-state index in [9.17, 15) is 10.5 Å². The first kappa shape index (κ1) is 29.3. The fraction of sp³-hybridized carbons (Fsp3) is 0.306. The van der Waals surface area contributed by atoms with E-state index in [1.165, 1.54) is 5.56 Å². The van der Waals surface area contributed by atoms with Gasteiger partial charge in [0.1, 0.15) is 12.1 Å². The van der Waals surface area contributed by atoms with Crippen LogP contribution in [0.15, 0.2) is 67.0 Å². The molecule has 3 atom stereocenters. The molecule has 0 amide bonds. The molecule has 7 rings (SSSR count). The number of nitriles is 2. The molecule has 3 aliphatic heterocycles. The summed E-state index contributed by atoms with van der Waals surface area (Å²) in [6.45, 7) is 5.93. The molecule has 45 heavy (non-hydrogen) atoms. The van der Waals surface area contributed by atoms with Gasteiger partial charge in [0, 0.05) is 36.0 Å². The van der Waals surface area contributed by atoms with E-state index >= 15 is 0 Å². The summed E-state index contributed by atoms with van der Waals surface area (Å²) < 4.78 is 13.7. The Morgan fingerprint density at radius 2 is 1.51 bits per heavy atom. The number of hydrogen-bond acceptors (Lipinski definition) is 6. The van der Waals surface area contributed by atoms with Gasteiger partial charge in [-0.25, -0.2) is 4.57 Å². The van der Waals surface area contributed by atoms with E-state index in [1.807, 2.05) is 44.2 Å². The van der Waals surface area contributed by atoms with E-state index in [0.29, 0.717) is 21.2 Å². The van der Waals surface area contributed by atoms with Crippen molar-refractivity contribution >= 4 is 34.6 Å². The van der Waals surface area contributed by atoms with Crippen molar-refractivity contribution in [1.82, 2.24) is 0 Å². The van der Waals surface area contributed by atoms with Gasteiger partial charge in [0.05, 0.1) is 39.8 Å². The number of anilines is 2. The van der Waals surface area contributed by atoms with Crippen LogP contribution in [0.3, 0.4) is 0 Å². The third-order valence-electron chi connectivity index (χ3n) is 9.54. The number of pyridine rings is 1. The summed E-state index contributed by atoms with van der Waals surface area (Å²) in [6, 6.07) is 23.1. The number of hydrogen-bond donors (Lipinski definition) is 0. The first-order chi connectivity index (χ1) is 21.9. The minimum absolute atomic E-state index is 0.0646. The van der Waals surface area contributed by atoms with Gasteiger partial charge in [0.2, 0.25) is 6.79 Å². The molecule has 0 radical (unpaired) electrons. The molecule has 2 fully saturated rings. The van der Waals surface area contributed by atoms with Crippen molar-refractivity contribution in [3.8, 4) is 23.6 Å². The predicted molar refractivity (Wildman–Crippen MR) is 174 cm³/mol. The highest BCUT2D eigenvalue weighted by molar-refractivity contribution is 6.33. The molecule has 0 spiro atoms. The summed E-state index contributed by atoms with van der Waals surface area (Å²) in [5.41, 5.74) is 7.35. The van der Waals surface area contributed by atoms with E-state index in [0.717, 1.165) is 71.9 Å². The second-order valence-corrected chi connectivity index (χ2v) is 12.7. The van der Waals surface area contributed by atoms with Crippen LogP contribution in [-0.4, -0.2) is 19.9 Å². The fourth-order valence-electron chi connectivity index (χ4n) is 7.21. The monoisotopic (exact) mass is 636 g/mol. The number of aromatic nitrogens is 1. The first-order valence-corrected chi connectivity index (χ1v) is 16.0. The fourth-order valence-corrected chi connectivity index (χ4v) is 7.62. The van der Waals surface area contributed by atoms with Crippen LogP contribution in [0.1, 0.15) is 70.8 Å². The lowest BCUT2D eigenvalue weighted by molar-refractivity contribution is -0.719. The molecule has 7 nitrogen and oxygen atoms in total. The summed E-state index contributed by atoms with van der Waals surface area (Å²) in [6.07, 6.45) is 7.46. The third-order valence-corrected chi connectivity index (χ3v) is 10.5. The van der Waals surface area contributed by atoms with Gasteiger partial charge in [-0.15, -0.1) is 0 Å². The number of rotatable bonds is 5. The van der Waals surface area contributed by atoms with Crippen LogP contribution in [0.4, 0.5) is 11.4 Å². The summed E-state index contributed by atoms with van der Waals surface area (Å²) >= 11 is 13.3. The summed E-state index contributed by atoms with van der Waals surface area (Å²) in [5, 5.41) is 20.1. The Morgan fingerprint density at radius 3 is 2.22 bits per heavy atom. The Hall–Kier alpha value is -4.43. The van der Waals surface area contributed by atoms with Crippen LogP contribution >= 0.6 is 23.2 Å². The molecule has 3 unspecified atom stereocenters. The molecule has 0 N–H and O–H groups in total. The second-order valence-electron chi connectivity index (χ2n) is 12.0. The van der Waals surface area contributed by atoms with Crippen molar-refractivity contribution in [2.45, 2.75) is 51.2 Å². The molecule has 226 valence electrons. The molecule has 0 aliphatic carbocycles. The van der Waals surface area contributed by atoms with Crippen LogP contribution in [0, 0.1) is 36.5 Å². The molecule has 2 saturated heterocycles. The maximum Gasteiger partial charge on any atom is 0.231 e. The minimum Gasteiger partial charge on any atom is -0.454 e. The lowest BCUT2D eigenvalue weighted by atomic mass is 10.0. The maximum absolute atomic E-state index is 9.57. The third kappa shape index (κ3) is 5.11. The standard InChI is InChI=1S/C36H32Cl2N5O2/c1-22-29(10-7-25(17-39)35(22)37)42-14-4-6-31(42)27-5-3-13-41(19-27)28-16-32(24-9-12-33-34(15-24)45-21-44-33)43(20-28)30-11-8-26(18-40)36(38)23(30)2/h3,5,7-13,15,19,28,31-32H,4,6,14,16,20-21H2,1-2H3/q+1. The zero-order valence-corrected chi connectivity index (χ0v) is 26.6. The van der Waals surface area contributed by atoms with Gasteiger partial charge in [-0.3, -0.25) is 0 Å². The van der Waals surface area contributed by atoms with Crippen LogP contribution in [0.25, 0.3) is 0 Å². The SMILES string of the molecule is Cc1c(N2CCCC2c2ccc[n+](C3CC(c4ccc5c(c4)OCO5)N(c4ccc(C#N)c(Cl)c4C)C3)c2)ccc(C#N)c1Cl. The minimum atomic E-state index is 0.0646. The van der Waals surface area contributed by atoms with Crippen molar-refractivity contribution in [2.75, 3.05) is 29.7 Å². The highest BCUT2D eigenvalue weighted by atomic mass is 35.5. The Kier molecular flexibility index (Phi) is 7.69. The van der Waals surface area contributed by atoms with Crippen molar-refractivity contribution < 1.29 is 14.0 Å². The van der Waals surface area contributed by atoms with Crippen molar-refractivity contribution in [1.29, 1.82) is 10.5 Å². The first-order valence-electron chi connectivity index (χ1n) is 15.2. The summed E-state index contributed by atoms with van der Waals surface area (Å²) in [5.74, 6) is 1.53. The maximum atomic E-state index is 9.57. The average Bonchev–Trinajstić information content (AvgIpc) is 3.83. The molecule has 0 saturated carbocycles. The molecule has 9 heteroatoms. The number of benzene rings is 3. The lowest BCUT2D eigenvalue weighted by Gasteiger charge is -2.29. The number of nitrogens with zero attached hydrogens (tertiary/aromatic N) is 5. The van der Waals surface area contributed by atoms with Gasteiger partial charge in [0.25, 0.3) is 0 Å². The molecule has 3 aromatic carbocycles. The van der Waals surface area contributed by atoms with Crippen molar-refractivity contribution in [2.24, 2.45) is 0 Å². The predicted octanol–water partition coefficient (Wildman–Crippen LogP) is 7.90. The number of ether oxygens (including phenoxy) is 2. The molecular formula is C36H32Cl2N5O2+. The van der Waals surface area contributed by atoms with E-state index < -0.39 is 0 Å². The van der Waals surface area contributed by atoms with Gasteiger partial charge >= 0.3 is 0 Å². The highest BCUT2D eigenvalue weighted by Gasteiger charge is 2.40. The zero-order chi connectivity index (χ0) is 31.2. The van der Waals surface area contributed by atoms with E-state index in [2.05, 4.69) is 63.2 Å². The molecule has 1 aromatic heterocycles. The van der Waals surface area contributed by atoms with Crippen LogP contribution in [0.2, 0.25) is 10.0 Å². The largest absolute Gasteiger partial charge is 0.454 e. The molecule has 4 aromatic rings. The molecule has 0 bridgehead atoms. The van der Waals surface area contributed by atoms with Crippen LogP contribution in [0.5, 0.6) is 11.5 Å². The lowest BCUT2D eigenvalue weighted by Crippen LogP contribution is -2.41. The zero-order valence-electron chi connectivity index (χ0n) is 25.1. The van der Waals surface area contributed by atoms with Crippen molar-refractivity contribution in [3.05, 3.63) is 110 Å². The van der Waals surface area contributed by atoms with Gasteiger partial charge in [-0.1, -0.05) is 29.3 Å². The van der Waals surface area contributed by atoms with Gasteiger partial charge in [-0.05, 0) is 85.8 Å². The Labute approximate surface area is 273 Å². The van der Waals surface area contributed by atoms with E-state index in [-0.39, 0.29) is 24.9 Å². The Balaban J connectivity index is 1.23. The van der Waals surface area contributed by atoms with Crippen LogP contribution < -0.4 is 23.8 Å². The molecular weight excluding hydrogens is 605 g/mol. The quantitative estimate of drug-likeness (QED) is 0.207. The van der Waals surface area contributed by atoms with Crippen LogP contribution in [-0.2, 0) is 0 Å². The summed E-state index contributed by atoms with van der Waals surface area (Å²) in [4.78, 5) is 4.84. The van der Waals surface area contributed by atoms with E-state index in [1.54, 1.807) is 0 Å². The Bertz CT molecular complexity index is 1900. The summed E-state index contributed by atoms with van der Waals surface area (Å²) in [7, 11) is 0. The van der Waals surface area contributed by atoms with Gasteiger partial charge < -0.3 is 19.3 Å². The smallest absolute Gasteiger partial charge is 0.231 e. The highest BCUT2D eigenvalue weighted by Crippen LogP contribution is 2.45. The molecule has 3 aliphatic rings. The number of halogens is 2. The number of fused-ring (bicyclic) bond motifs is 1. The normalized spacial score (nSPS) is 20.4. The average molecular weight is 638 g/mol. The van der Waals surface area contributed by atoms with Gasteiger partial charge in [-0.2, -0.15) is 10.5 Å². The topological polar surface area (TPSA) is 76.4 Å². The Morgan fingerprint density at radius 1 is 0.822 bits per heavy atom. The van der Waals surface area contributed by atoms with Gasteiger partial charge in [0.15, 0.2) is 29.9 Å². The van der Waals surface area contributed by atoms with Crippen molar-refractivity contribution in [3.63, 3.8) is 0 Å².